The standard InChI is InChI=1S/C35H50N2O3S/c1-25(2)12-8-10-16-29(22-27-14-6-5-7-15-27)36-24-28-18-19-31(32(23-28)30-17-11-9-13-26(30)3)34(38)37-33(35(39)40)20-21-41-4/h9,11-13,17-19,23,27,29,33,36H,5-8,10,14-16,20-22,24H2,1-4H3,(H,37,38)(H,39,40)/t29-,33-/m0/s1. The number of aryl methyl sites for hydroxylation is 1. The summed E-state index contributed by atoms with van der Waals surface area (Å²) in [5.41, 5.74) is 5.96. The largest absolute Gasteiger partial charge is 0.480 e. The highest BCUT2D eigenvalue weighted by Gasteiger charge is 2.23. The van der Waals surface area contributed by atoms with Crippen LogP contribution in [0.5, 0.6) is 0 Å². The van der Waals surface area contributed by atoms with Crippen LogP contribution in [0.4, 0.5) is 0 Å². The summed E-state index contributed by atoms with van der Waals surface area (Å²) in [5.74, 6) is 0.139. The van der Waals surface area contributed by atoms with Crippen LogP contribution in [0.1, 0.15) is 99.5 Å². The van der Waals surface area contributed by atoms with E-state index in [-0.39, 0.29) is 5.91 Å². The maximum absolute atomic E-state index is 13.4. The minimum Gasteiger partial charge on any atom is -0.480 e. The summed E-state index contributed by atoms with van der Waals surface area (Å²) in [7, 11) is 0. The summed E-state index contributed by atoms with van der Waals surface area (Å²) in [5, 5.41) is 16.3. The van der Waals surface area contributed by atoms with Crippen LogP contribution in [0.25, 0.3) is 11.1 Å². The van der Waals surface area contributed by atoms with Crippen LogP contribution in [0.3, 0.4) is 0 Å². The number of hydrogen-bond acceptors (Lipinski definition) is 4. The third-order valence-electron chi connectivity index (χ3n) is 8.22. The third kappa shape index (κ3) is 11.0. The summed E-state index contributed by atoms with van der Waals surface area (Å²) in [6.45, 7) is 7.12. The number of benzene rings is 2. The van der Waals surface area contributed by atoms with Gasteiger partial charge in [-0.25, -0.2) is 4.79 Å². The lowest BCUT2D eigenvalue weighted by Gasteiger charge is -2.27. The first-order chi connectivity index (χ1) is 19.8. The van der Waals surface area contributed by atoms with E-state index in [0.29, 0.717) is 23.8 Å². The van der Waals surface area contributed by atoms with Crippen molar-refractivity contribution in [2.24, 2.45) is 5.92 Å². The molecule has 0 heterocycles. The Morgan fingerprint density at radius 3 is 2.49 bits per heavy atom. The lowest BCUT2D eigenvalue weighted by Crippen LogP contribution is -2.41. The van der Waals surface area contributed by atoms with Crippen molar-refractivity contribution in [2.45, 2.75) is 104 Å². The highest BCUT2D eigenvalue weighted by molar-refractivity contribution is 7.98. The molecule has 6 heteroatoms. The van der Waals surface area contributed by atoms with Gasteiger partial charge in [-0.15, -0.1) is 0 Å². The van der Waals surface area contributed by atoms with Crippen LogP contribution in [0.15, 0.2) is 54.1 Å². The zero-order valence-corrected chi connectivity index (χ0v) is 26.3. The molecule has 0 aromatic heterocycles. The van der Waals surface area contributed by atoms with Gasteiger partial charge in [-0.3, -0.25) is 4.79 Å². The van der Waals surface area contributed by atoms with Gasteiger partial charge in [0.2, 0.25) is 0 Å². The van der Waals surface area contributed by atoms with E-state index >= 15 is 0 Å². The van der Waals surface area contributed by atoms with Crippen molar-refractivity contribution in [1.29, 1.82) is 0 Å². The van der Waals surface area contributed by atoms with Crippen molar-refractivity contribution in [1.82, 2.24) is 10.6 Å². The number of hydrogen-bond donors (Lipinski definition) is 3. The van der Waals surface area contributed by atoms with Crippen LogP contribution in [0.2, 0.25) is 0 Å². The van der Waals surface area contributed by atoms with Gasteiger partial charge in [-0.05, 0) is 105 Å². The Morgan fingerprint density at radius 1 is 1.05 bits per heavy atom. The summed E-state index contributed by atoms with van der Waals surface area (Å²) in [6.07, 6.45) is 16.2. The number of amides is 1. The Labute approximate surface area is 252 Å². The second kappa shape index (κ2) is 17.4. The van der Waals surface area contributed by atoms with E-state index in [2.05, 4.69) is 36.6 Å². The first-order valence-corrected chi connectivity index (χ1v) is 16.8. The van der Waals surface area contributed by atoms with Crippen LogP contribution < -0.4 is 10.6 Å². The third-order valence-corrected chi connectivity index (χ3v) is 8.87. The number of rotatable bonds is 16. The Hall–Kier alpha value is -2.57. The SMILES string of the molecule is CSCC[C@H](NC(=O)c1ccc(CN[C@@H](CCCC=C(C)C)CC2CCCCC2)cc1-c1ccccc1C)C(=O)O. The second-order valence-electron chi connectivity index (χ2n) is 11.9. The zero-order valence-electron chi connectivity index (χ0n) is 25.5. The molecule has 1 saturated carbocycles. The van der Waals surface area contributed by atoms with Crippen molar-refractivity contribution in [3.8, 4) is 11.1 Å². The molecule has 2 aromatic rings. The average molecular weight is 579 g/mol. The van der Waals surface area contributed by atoms with Crippen molar-refractivity contribution in [3.05, 3.63) is 70.8 Å². The number of thioether (sulfide) groups is 1. The summed E-state index contributed by atoms with van der Waals surface area (Å²) in [6, 6.07) is 13.6. The fourth-order valence-corrected chi connectivity index (χ4v) is 6.34. The van der Waals surface area contributed by atoms with Gasteiger partial charge < -0.3 is 15.7 Å². The second-order valence-corrected chi connectivity index (χ2v) is 12.9. The van der Waals surface area contributed by atoms with E-state index < -0.39 is 12.0 Å². The lowest BCUT2D eigenvalue weighted by atomic mass is 9.83. The fraction of sp³-hybridized carbons (Fsp3) is 0.543. The molecule has 2 atom stereocenters. The normalized spacial score (nSPS) is 15.2. The van der Waals surface area contributed by atoms with Gasteiger partial charge in [0.25, 0.3) is 5.91 Å². The predicted octanol–water partition coefficient (Wildman–Crippen LogP) is 8.16. The van der Waals surface area contributed by atoms with Crippen molar-refractivity contribution in [2.75, 3.05) is 12.0 Å². The average Bonchev–Trinajstić information content (AvgIpc) is 2.96. The highest BCUT2D eigenvalue weighted by atomic mass is 32.2. The van der Waals surface area contributed by atoms with E-state index in [1.807, 2.05) is 49.6 Å². The van der Waals surface area contributed by atoms with E-state index in [9.17, 15) is 14.7 Å². The molecule has 1 aliphatic carbocycles. The van der Waals surface area contributed by atoms with E-state index in [1.54, 1.807) is 11.8 Å². The number of aliphatic carboxylic acids is 1. The molecule has 0 spiro atoms. The molecule has 224 valence electrons. The maximum Gasteiger partial charge on any atom is 0.326 e. The van der Waals surface area contributed by atoms with Crippen LogP contribution >= 0.6 is 11.8 Å². The molecule has 0 aliphatic heterocycles. The number of unbranched alkanes of at least 4 members (excludes halogenated alkanes) is 1. The Bertz CT molecular complexity index is 1150. The number of allylic oxidation sites excluding steroid dienone is 2. The van der Waals surface area contributed by atoms with Crippen molar-refractivity contribution < 1.29 is 14.7 Å². The Balaban J connectivity index is 1.81. The van der Waals surface area contributed by atoms with Gasteiger partial charge in [-0.1, -0.05) is 74.1 Å². The van der Waals surface area contributed by atoms with Crippen LogP contribution in [-0.4, -0.2) is 41.1 Å². The maximum atomic E-state index is 13.4. The van der Waals surface area contributed by atoms with E-state index in [4.69, 9.17) is 0 Å². The smallest absolute Gasteiger partial charge is 0.326 e. The zero-order chi connectivity index (χ0) is 29.6. The molecule has 0 radical (unpaired) electrons. The van der Waals surface area contributed by atoms with Gasteiger partial charge >= 0.3 is 5.97 Å². The molecule has 0 unspecified atom stereocenters. The van der Waals surface area contributed by atoms with Crippen LogP contribution in [-0.2, 0) is 11.3 Å². The topological polar surface area (TPSA) is 78.4 Å². The molecule has 0 bridgehead atoms. The van der Waals surface area contributed by atoms with Gasteiger partial charge in [0.15, 0.2) is 0 Å². The van der Waals surface area contributed by atoms with Crippen molar-refractivity contribution >= 4 is 23.6 Å². The monoisotopic (exact) mass is 578 g/mol. The minimum atomic E-state index is -1.00. The number of carboxylic acid groups (broad SMARTS) is 1. The molecule has 1 amide bonds. The fourth-order valence-electron chi connectivity index (χ4n) is 5.87. The van der Waals surface area contributed by atoms with Gasteiger partial charge in [0.05, 0.1) is 0 Å². The van der Waals surface area contributed by atoms with E-state index in [0.717, 1.165) is 47.6 Å². The highest BCUT2D eigenvalue weighted by Crippen LogP contribution is 2.30. The van der Waals surface area contributed by atoms with Crippen molar-refractivity contribution in [3.63, 3.8) is 0 Å². The number of carbonyl (C=O) groups is 2. The molecular formula is C35H50N2O3S. The Kier molecular flexibility index (Phi) is 14.0. The van der Waals surface area contributed by atoms with Gasteiger partial charge in [0.1, 0.15) is 6.04 Å². The number of carboxylic acids is 1. The minimum absolute atomic E-state index is 0.342. The molecule has 3 N–H and O–H groups in total. The Morgan fingerprint density at radius 2 is 1.80 bits per heavy atom. The number of carbonyl (C=O) groups excluding carboxylic acids is 1. The van der Waals surface area contributed by atoms with Gasteiger partial charge in [-0.2, -0.15) is 11.8 Å². The molecule has 1 aliphatic rings. The molecule has 5 nitrogen and oxygen atoms in total. The van der Waals surface area contributed by atoms with E-state index in [1.165, 1.54) is 50.5 Å². The summed E-state index contributed by atoms with van der Waals surface area (Å²) < 4.78 is 0. The quantitative estimate of drug-likeness (QED) is 0.138. The summed E-state index contributed by atoms with van der Waals surface area (Å²) in [4.78, 5) is 25.2. The first kappa shape index (κ1) is 32.9. The van der Waals surface area contributed by atoms with Gasteiger partial charge in [0, 0.05) is 18.2 Å². The molecule has 41 heavy (non-hydrogen) atoms. The molecule has 1 fully saturated rings. The molecule has 0 saturated heterocycles. The molecule has 2 aromatic carbocycles. The molecular weight excluding hydrogens is 528 g/mol. The van der Waals surface area contributed by atoms with Crippen LogP contribution in [0, 0.1) is 12.8 Å². The predicted molar refractivity (Wildman–Crippen MR) is 174 cm³/mol. The number of nitrogens with one attached hydrogen (secondary N) is 2. The summed E-state index contributed by atoms with van der Waals surface area (Å²) >= 11 is 1.58. The molecule has 3 rings (SSSR count). The first-order valence-electron chi connectivity index (χ1n) is 15.4. The lowest BCUT2D eigenvalue weighted by molar-refractivity contribution is -0.139.